The molecule has 82 valence electrons. The van der Waals surface area contributed by atoms with Gasteiger partial charge in [-0.3, -0.25) is 0 Å². The van der Waals surface area contributed by atoms with Gasteiger partial charge in [-0.15, -0.1) is 0 Å². The molecule has 1 saturated carbocycles. The fourth-order valence-electron chi connectivity index (χ4n) is 2.23. The van der Waals surface area contributed by atoms with Crippen LogP contribution in [0.5, 0.6) is 0 Å². The number of hydrogen-bond acceptors (Lipinski definition) is 3. The highest BCUT2D eigenvalue weighted by molar-refractivity contribution is 5.32. The smallest absolute Gasteiger partial charge is 0.125 e. The lowest BCUT2D eigenvalue weighted by Crippen LogP contribution is -2.31. The molecule has 2 unspecified atom stereocenters. The summed E-state index contributed by atoms with van der Waals surface area (Å²) in [7, 11) is 0. The summed E-state index contributed by atoms with van der Waals surface area (Å²) in [5, 5.41) is 3.37. The molecule has 1 heterocycles. The number of anilines is 1. The van der Waals surface area contributed by atoms with Crippen LogP contribution in [0.2, 0.25) is 0 Å². The maximum atomic E-state index is 5.95. The van der Waals surface area contributed by atoms with Crippen LogP contribution in [-0.2, 0) is 0 Å². The number of nitrogens with zero attached hydrogens (tertiary/aromatic N) is 1. The van der Waals surface area contributed by atoms with E-state index in [9.17, 15) is 0 Å². The summed E-state index contributed by atoms with van der Waals surface area (Å²) in [5.41, 5.74) is 5.95. The molecule has 0 aliphatic heterocycles. The molecule has 0 saturated heterocycles. The lowest BCUT2D eigenvalue weighted by Gasteiger charge is -2.26. The van der Waals surface area contributed by atoms with E-state index in [-0.39, 0.29) is 0 Å². The van der Waals surface area contributed by atoms with Crippen LogP contribution >= 0.6 is 0 Å². The van der Waals surface area contributed by atoms with Gasteiger partial charge in [-0.2, -0.15) is 0 Å². The van der Waals surface area contributed by atoms with Crippen molar-refractivity contribution in [3.05, 3.63) is 24.4 Å². The molecule has 1 aromatic rings. The SMILES string of the molecule is NC1CCCC(CNc2ccccn2)C1. The molecular weight excluding hydrogens is 186 g/mol. The van der Waals surface area contributed by atoms with Crippen molar-refractivity contribution in [2.24, 2.45) is 11.7 Å². The van der Waals surface area contributed by atoms with Gasteiger partial charge in [-0.1, -0.05) is 12.5 Å². The fourth-order valence-corrected chi connectivity index (χ4v) is 2.23. The second-order valence-electron chi connectivity index (χ2n) is 4.39. The van der Waals surface area contributed by atoms with Gasteiger partial charge in [0.1, 0.15) is 5.82 Å². The van der Waals surface area contributed by atoms with E-state index in [4.69, 9.17) is 5.73 Å². The maximum Gasteiger partial charge on any atom is 0.125 e. The summed E-state index contributed by atoms with van der Waals surface area (Å²) in [6.45, 7) is 1.00. The van der Waals surface area contributed by atoms with Crippen LogP contribution in [0.1, 0.15) is 25.7 Å². The van der Waals surface area contributed by atoms with Gasteiger partial charge < -0.3 is 11.1 Å². The Balaban J connectivity index is 1.78. The molecule has 1 aromatic heterocycles. The van der Waals surface area contributed by atoms with Gasteiger partial charge >= 0.3 is 0 Å². The van der Waals surface area contributed by atoms with E-state index in [0.717, 1.165) is 24.7 Å². The summed E-state index contributed by atoms with van der Waals surface area (Å²) < 4.78 is 0. The average molecular weight is 205 g/mol. The van der Waals surface area contributed by atoms with Crippen LogP contribution < -0.4 is 11.1 Å². The molecule has 1 fully saturated rings. The molecule has 2 rings (SSSR count). The quantitative estimate of drug-likeness (QED) is 0.793. The van der Waals surface area contributed by atoms with Crippen LogP contribution in [0.15, 0.2) is 24.4 Å². The van der Waals surface area contributed by atoms with Crippen molar-refractivity contribution in [3.8, 4) is 0 Å². The van der Waals surface area contributed by atoms with Gasteiger partial charge in [0.05, 0.1) is 0 Å². The number of hydrogen-bond donors (Lipinski definition) is 2. The summed E-state index contributed by atoms with van der Waals surface area (Å²) in [6.07, 6.45) is 6.73. The molecule has 3 nitrogen and oxygen atoms in total. The predicted octanol–water partition coefficient (Wildman–Crippen LogP) is 2.01. The molecule has 0 bridgehead atoms. The Labute approximate surface area is 91.1 Å². The zero-order chi connectivity index (χ0) is 10.5. The van der Waals surface area contributed by atoms with Gasteiger partial charge in [0.15, 0.2) is 0 Å². The van der Waals surface area contributed by atoms with Gasteiger partial charge in [0.25, 0.3) is 0 Å². The molecule has 1 aliphatic carbocycles. The van der Waals surface area contributed by atoms with Crippen molar-refractivity contribution in [1.82, 2.24) is 4.98 Å². The first-order chi connectivity index (χ1) is 7.34. The molecule has 0 amide bonds. The van der Waals surface area contributed by atoms with E-state index < -0.39 is 0 Å². The van der Waals surface area contributed by atoms with Crippen LogP contribution in [0.4, 0.5) is 5.82 Å². The number of nitrogens with two attached hydrogens (primary N) is 1. The Morgan fingerprint density at radius 2 is 2.33 bits per heavy atom. The molecular formula is C12H19N3. The van der Waals surface area contributed by atoms with Crippen molar-refractivity contribution in [2.75, 3.05) is 11.9 Å². The average Bonchev–Trinajstić information content (AvgIpc) is 2.28. The highest BCUT2D eigenvalue weighted by Crippen LogP contribution is 2.23. The molecule has 2 atom stereocenters. The first-order valence-corrected chi connectivity index (χ1v) is 5.75. The zero-order valence-corrected chi connectivity index (χ0v) is 9.02. The summed E-state index contributed by atoms with van der Waals surface area (Å²) in [4.78, 5) is 4.24. The number of pyridine rings is 1. The Bertz CT molecular complexity index is 286. The third-order valence-electron chi connectivity index (χ3n) is 3.06. The fraction of sp³-hybridized carbons (Fsp3) is 0.583. The van der Waals surface area contributed by atoms with Crippen LogP contribution in [-0.4, -0.2) is 17.6 Å². The Morgan fingerprint density at radius 3 is 3.07 bits per heavy atom. The lowest BCUT2D eigenvalue weighted by molar-refractivity contribution is 0.335. The third-order valence-corrected chi connectivity index (χ3v) is 3.06. The molecule has 1 aliphatic rings. The van der Waals surface area contributed by atoms with E-state index in [2.05, 4.69) is 10.3 Å². The minimum atomic E-state index is 0.411. The second-order valence-corrected chi connectivity index (χ2v) is 4.39. The number of aromatic nitrogens is 1. The molecule has 0 radical (unpaired) electrons. The van der Waals surface area contributed by atoms with Crippen LogP contribution in [0.25, 0.3) is 0 Å². The third kappa shape index (κ3) is 3.20. The predicted molar refractivity (Wildman–Crippen MR) is 62.7 cm³/mol. The number of rotatable bonds is 3. The van der Waals surface area contributed by atoms with E-state index in [1.165, 1.54) is 19.3 Å². The monoisotopic (exact) mass is 205 g/mol. The van der Waals surface area contributed by atoms with Crippen molar-refractivity contribution in [2.45, 2.75) is 31.7 Å². The minimum absolute atomic E-state index is 0.411. The van der Waals surface area contributed by atoms with E-state index in [1.807, 2.05) is 24.4 Å². The van der Waals surface area contributed by atoms with Crippen molar-refractivity contribution >= 4 is 5.82 Å². The second kappa shape index (κ2) is 5.12. The standard InChI is InChI=1S/C12H19N3/c13-11-5-3-4-10(8-11)9-15-12-6-1-2-7-14-12/h1-2,6-7,10-11H,3-5,8-9,13H2,(H,14,15). The Morgan fingerprint density at radius 1 is 1.40 bits per heavy atom. The minimum Gasteiger partial charge on any atom is -0.370 e. The van der Waals surface area contributed by atoms with Crippen molar-refractivity contribution < 1.29 is 0 Å². The highest BCUT2D eigenvalue weighted by atomic mass is 15.0. The Kier molecular flexibility index (Phi) is 3.56. The maximum absolute atomic E-state index is 5.95. The van der Waals surface area contributed by atoms with Crippen molar-refractivity contribution in [3.63, 3.8) is 0 Å². The molecule has 3 N–H and O–H groups in total. The largest absolute Gasteiger partial charge is 0.370 e. The summed E-state index contributed by atoms with van der Waals surface area (Å²) >= 11 is 0. The molecule has 0 aromatic carbocycles. The van der Waals surface area contributed by atoms with Crippen LogP contribution in [0, 0.1) is 5.92 Å². The molecule has 0 spiro atoms. The first kappa shape index (κ1) is 10.4. The number of nitrogens with one attached hydrogen (secondary N) is 1. The van der Waals surface area contributed by atoms with Gasteiger partial charge in [-0.05, 0) is 37.3 Å². The molecule has 15 heavy (non-hydrogen) atoms. The van der Waals surface area contributed by atoms with Crippen molar-refractivity contribution in [1.29, 1.82) is 0 Å². The van der Waals surface area contributed by atoms with E-state index >= 15 is 0 Å². The van der Waals surface area contributed by atoms with Gasteiger partial charge in [0, 0.05) is 18.8 Å². The first-order valence-electron chi connectivity index (χ1n) is 5.75. The van der Waals surface area contributed by atoms with E-state index in [1.54, 1.807) is 0 Å². The topological polar surface area (TPSA) is 50.9 Å². The molecule has 3 heteroatoms. The van der Waals surface area contributed by atoms with Gasteiger partial charge in [-0.25, -0.2) is 4.98 Å². The highest BCUT2D eigenvalue weighted by Gasteiger charge is 2.18. The zero-order valence-electron chi connectivity index (χ0n) is 9.02. The van der Waals surface area contributed by atoms with E-state index in [0.29, 0.717) is 6.04 Å². The lowest BCUT2D eigenvalue weighted by atomic mass is 9.86. The Hall–Kier alpha value is -1.09. The van der Waals surface area contributed by atoms with Crippen LogP contribution in [0.3, 0.4) is 0 Å². The summed E-state index contributed by atoms with van der Waals surface area (Å²) in [6, 6.07) is 6.35. The van der Waals surface area contributed by atoms with Gasteiger partial charge in [0.2, 0.25) is 0 Å². The summed E-state index contributed by atoms with van der Waals surface area (Å²) in [5.74, 6) is 1.69. The normalized spacial score (nSPS) is 26.2.